The van der Waals surface area contributed by atoms with E-state index >= 15 is 0 Å². The molecule has 0 atom stereocenters. The van der Waals surface area contributed by atoms with Crippen molar-refractivity contribution in [3.05, 3.63) is 35.0 Å². The van der Waals surface area contributed by atoms with Gasteiger partial charge in [0.05, 0.1) is 17.6 Å². The average molecular weight is 211 g/mol. The summed E-state index contributed by atoms with van der Waals surface area (Å²) in [5, 5.41) is 31.1. The van der Waals surface area contributed by atoms with Gasteiger partial charge in [0, 0.05) is 0 Å². The maximum atomic E-state index is 10.8. The molecule has 0 bridgehead atoms. The third-order valence-electron chi connectivity index (χ3n) is 1.82. The van der Waals surface area contributed by atoms with E-state index in [1.165, 1.54) is 31.3 Å². The van der Waals surface area contributed by atoms with Crippen LogP contribution >= 0.6 is 0 Å². The normalized spacial score (nSPS) is 11.1. The van der Waals surface area contributed by atoms with Crippen molar-refractivity contribution < 1.29 is 20.1 Å². The van der Waals surface area contributed by atoms with Crippen LogP contribution in [0, 0.1) is 5.21 Å². The number of carboxylic acid groups (broad SMARTS) is 1. The van der Waals surface area contributed by atoms with E-state index in [1.807, 2.05) is 0 Å². The lowest BCUT2D eigenvalue weighted by Crippen LogP contribution is -2.25. The Balaban J connectivity index is 2.94. The number of benzene rings is 1. The van der Waals surface area contributed by atoms with Crippen LogP contribution in [0.25, 0.3) is 0 Å². The zero-order chi connectivity index (χ0) is 11.4. The summed E-state index contributed by atoms with van der Waals surface area (Å²) in [5.74, 6) is -1.05. The average Bonchev–Trinajstić information content (AvgIpc) is 2.27. The molecule has 0 saturated heterocycles. The highest BCUT2D eigenvalue weighted by Gasteiger charge is 2.10. The number of carboxylic acids is 1. The van der Waals surface area contributed by atoms with E-state index in [1.54, 1.807) is 0 Å². The van der Waals surface area contributed by atoms with Crippen molar-refractivity contribution in [1.29, 1.82) is 0 Å². The van der Waals surface area contributed by atoms with Crippen molar-refractivity contribution in [3.8, 4) is 0 Å². The Kier molecular flexibility index (Phi) is 3.06. The highest BCUT2D eigenvalue weighted by molar-refractivity contribution is 5.87. The minimum atomic E-state index is -1.05. The molecule has 0 aliphatic carbocycles. The largest absolute Gasteiger partial charge is 0.569 e. The van der Waals surface area contributed by atoms with Crippen LogP contribution in [-0.2, 0) is 0 Å². The molecule has 1 rings (SSSR count). The quantitative estimate of drug-likeness (QED) is 0.443. The molecule has 0 amide bonds. The van der Waals surface area contributed by atoms with E-state index < -0.39 is 5.97 Å². The molecule has 0 fully saturated rings. The van der Waals surface area contributed by atoms with Gasteiger partial charge in [-0.3, -0.25) is 0 Å². The van der Waals surface area contributed by atoms with Gasteiger partial charge in [0.25, 0.3) is 0 Å². The van der Waals surface area contributed by atoms with Gasteiger partial charge in [-0.1, -0.05) is 0 Å². The van der Waals surface area contributed by atoms with E-state index in [0.29, 0.717) is 5.69 Å². The molecule has 0 spiro atoms. The Hall–Kier alpha value is -2.31. The summed E-state index contributed by atoms with van der Waals surface area (Å²) in [5.41, 5.74) is 0.526. The number of anilines is 1. The van der Waals surface area contributed by atoms with Crippen molar-refractivity contribution in [2.24, 2.45) is 5.28 Å². The van der Waals surface area contributed by atoms with Crippen LogP contribution in [0.15, 0.2) is 29.5 Å². The summed E-state index contributed by atoms with van der Waals surface area (Å²) in [7, 11) is 1.38. The number of hydrogen-bond acceptors (Lipinski definition) is 3. The second-order valence-electron chi connectivity index (χ2n) is 2.72. The van der Waals surface area contributed by atoms with Gasteiger partial charge in [0.15, 0.2) is 0 Å². The van der Waals surface area contributed by atoms with Crippen LogP contribution in [0.1, 0.15) is 10.4 Å². The SMILES string of the molecule is CN(c1ccc(C(=O)O)cc1)/[N+]([O-])=N/O. The van der Waals surface area contributed by atoms with Crippen LogP contribution in [0.5, 0.6) is 0 Å². The first-order chi connectivity index (χ1) is 7.06. The first-order valence-corrected chi connectivity index (χ1v) is 3.95. The smallest absolute Gasteiger partial charge is 0.335 e. The van der Waals surface area contributed by atoms with Gasteiger partial charge in [-0.25, -0.2) is 4.79 Å². The molecule has 15 heavy (non-hydrogen) atoms. The number of aromatic carboxylic acids is 1. The second kappa shape index (κ2) is 4.27. The maximum absolute atomic E-state index is 10.8. The van der Waals surface area contributed by atoms with Crippen molar-refractivity contribution in [2.75, 3.05) is 12.1 Å². The highest BCUT2D eigenvalue weighted by atomic mass is 16.6. The summed E-state index contributed by atoms with van der Waals surface area (Å²) in [6, 6.07) is 5.55. The number of hydrazine groups is 1. The zero-order valence-electron chi connectivity index (χ0n) is 7.86. The number of hydrogen-bond donors (Lipinski definition) is 2. The molecule has 7 nitrogen and oxygen atoms in total. The van der Waals surface area contributed by atoms with Crippen molar-refractivity contribution in [1.82, 2.24) is 0 Å². The maximum Gasteiger partial charge on any atom is 0.335 e. The van der Waals surface area contributed by atoms with E-state index in [2.05, 4.69) is 5.28 Å². The molecule has 1 aromatic rings. The van der Waals surface area contributed by atoms with Gasteiger partial charge < -0.3 is 15.5 Å². The Bertz CT molecular complexity index is 387. The lowest BCUT2D eigenvalue weighted by molar-refractivity contribution is -0.564. The van der Waals surface area contributed by atoms with Crippen LogP contribution < -0.4 is 5.01 Å². The molecule has 1 aromatic carbocycles. The lowest BCUT2D eigenvalue weighted by atomic mass is 10.2. The molecule has 0 aliphatic heterocycles. The van der Waals surface area contributed by atoms with Crippen molar-refractivity contribution >= 4 is 11.7 Å². The van der Waals surface area contributed by atoms with Crippen molar-refractivity contribution in [2.45, 2.75) is 0 Å². The first-order valence-electron chi connectivity index (χ1n) is 3.95. The third kappa shape index (κ3) is 2.33. The van der Waals surface area contributed by atoms with E-state index in [9.17, 15) is 10.0 Å². The molecule has 2 N–H and O–H groups in total. The summed E-state index contributed by atoms with van der Waals surface area (Å²) in [6.45, 7) is 0. The van der Waals surface area contributed by atoms with Crippen molar-refractivity contribution in [3.63, 3.8) is 0 Å². The Labute approximate surface area is 85.0 Å². The Morgan fingerprint density at radius 1 is 1.47 bits per heavy atom. The molecule has 0 saturated carbocycles. The monoisotopic (exact) mass is 211 g/mol. The number of nitrogens with zero attached hydrogens (tertiary/aromatic N) is 3. The van der Waals surface area contributed by atoms with E-state index in [0.717, 1.165) is 5.01 Å². The molecular formula is C8H9N3O4. The molecule has 7 heteroatoms. The van der Waals surface area contributed by atoms with Gasteiger partial charge in [-0.15, -0.1) is 5.01 Å². The summed E-state index contributed by atoms with van der Waals surface area (Å²) in [4.78, 5) is 10.5. The van der Waals surface area contributed by atoms with E-state index in [-0.39, 0.29) is 10.5 Å². The minimum Gasteiger partial charge on any atom is -0.569 e. The molecule has 0 heterocycles. The molecule has 0 unspecified atom stereocenters. The predicted octanol–water partition coefficient (Wildman–Crippen LogP) is 1.09. The summed E-state index contributed by atoms with van der Waals surface area (Å²) >= 11 is 0. The van der Waals surface area contributed by atoms with Gasteiger partial charge in [0.2, 0.25) is 5.28 Å². The second-order valence-corrected chi connectivity index (χ2v) is 2.72. The van der Waals surface area contributed by atoms with Crippen LogP contribution in [0.4, 0.5) is 5.69 Å². The molecule has 0 radical (unpaired) electrons. The van der Waals surface area contributed by atoms with Gasteiger partial charge >= 0.3 is 5.97 Å². The molecule has 0 aliphatic rings. The zero-order valence-corrected chi connectivity index (χ0v) is 7.86. The van der Waals surface area contributed by atoms with Gasteiger partial charge in [-0.2, -0.15) is 0 Å². The standard InChI is InChI=1S/C8H9N3O4/c1-10(11(15)9-14)7-4-2-6(3-5-7)8(12)13/h2-5,14H,1H3,(H,12,13)/b11-9-. The number of carbonyl (C=O) groups is 1. The minimum absolute atomic E-state index is 0.0320. The van der Waals surface area contributed by atoms with Gasteiger partial charge in [0.1, 0.15) is 5.69 Å². The Morgan fingerprint density at radius 3 is 2.40 bits per heavy atom. The lowest BCUT2D eigenvalue weighted by Gasteiger charge is -2.11. The Morgan fingerprint density at radius 2 is 2.00 bits per heavy atom. The highest BCUT2D eigenvalue weighted by Crippen LogP contribution is 2.13. The summed E-state index contributed by atoms with van der Waals surface area (Å²) in [6.07, 6.45) is 0. The fraction of sp³-hybridized carbons (Fsp3) is 0.125. The fourth-order valence-corrected chi connectivity index (χ4v) is 0.979. The van der Waals surface area contributed by atoms with Crippen LogP contribution in [-0.4, -0.2) is 28.3 Å². The third-order valence-corrected chi connectivity index (χ3v) is 1.82. The molecule has 0 aromatic heterocycles. The van der Waals surface area contributed by atoms with E-state index in [4.69, 9.17) is 10.3 Å². The molecule has 80 valence electrons. The summed E-state index contributed by atoms with van der Waals surface area (Å²) < 4.78 is 0. The topological polar surface area (TPSA) is 99.2 Å². The first kappa shape index (κ1) is 10.8. The number of rotatable bonds is 3. The van der Waals surface area contributed by atoms with Crippen LogP contribution in [0.3, 0.4) is 0 Å². The predicted molar refractivity (Wildman–Crippen MR) is 49.6 cm³/mol. The fourth-order valence-electron chi connectivity index (χ4n) is 0.979. The van der Waals surface area contributed by atoms with Crippen LogP contribution in [0.2, 0.25) is 0 Å². The van der Waals surface area contributed by atoms with Gasteiger partial charge in [-0.05, 0) is 24.3 Å². The molecular weight excluding hydrogens is 202 g/mol.